The Morgan fingerprint density at radius 3 is 2.48 bits per heavy atom. The second-order valence-corrected chi connectivity index (χ2v) is 6.54. The standard InChI is InChI=1S/C18H14F4N2S/c19-15-6-4-13(5-7-15)16-10-24-17(25-16)11-23-9-12-2-1-3-14(8-12)18(20,21)22/h1-8,10,23H,9,11H2. The molecule has 0 atom stereocenters. The van der Waals surface area contributed by atoms with Crippen LogP contribution >= 0.6 is 11.3 Å². The fraction of sp³-hybridized carbons (Fsp3) is 0.167. The quantitative estimate of drug-likeness (QED) is 0.623. The summed E-state index contributed by atoms with van der Waals surface area (Å²) in [6.07, 6.45) is -2.63. The minimum Gasteiger partial charge on any atom is -0.306 e. The molecule has 3 aromatic rings. The second kappa shape index (κ2) is 7.33. The Morgan fingerprint density at radius 1 is 1.00 bits per heavy atom. The van der Waals surface area contributed by atoms with E-state index in [4.69, 9.17) is 0 Å². The number of thiazole rings is 1. The van der Waals surface area contributed by atoms with E-state index >= 15 is 0 Å². The third-order valence-electron chi connectivity index (χ3n) is 3.54. The molecule has 0 aliphatic rings. The summed E-state index contributed by atoms with van der Waals surface area (Å²) in [7, 11) is 0. The van der Waals surface area contributed by atoms with Crippen LogP contribution in [-0.4, -0.2) is 4.98 Å². The van der Waals surface area contributed by atoms with Crippen molar-refractivity contribution in [3.05, 3.63) is 76.7 Å². The van der Waals surface area contributed by atoms with Crippen molar-refractivity contribution >= 4 is 11.3 Å². The zero-order valence-corrected chi connectivity index (χ0v) is 13.8. The molecular weight excluding hydrogens is 352 g/mol. The lowest BCUT2D eigenvalue weighted by atomic mass is 10.1. The van der Waals surface area contributed by atoms with Crippen LogP contribution in [0.1, 0.15) is 16.1 Å². The highest BCUT2D eigenvalue weighted by atomic mass is 32.1. The molecule has 25 heavy (non-hydrogen) atoms. The van der Waals surface area contributed by atoms with Crippen molar-refractivity contribution in [3.63, 3.8) is 0 Å². The summed E-state index contributed by atoms with van der Waals surface area (Å²) in [5.41, 5.74) is 0.785. The van der Waals surface area contributed by atoms with Gasteiger partial charge in [0.25, 0.3) is 0 Å². The van der Waals surface area contributed by atoms with Gasteiger partial charge in [-0.15, -0.1) is 11.3 Å². The Balaban J connectivity index is 1.59. The first-order valence-corrected chi connectivity index (χ1v) is 8.31. The molecule has 2 aromatic carbocycles. The molecule has 0 saturated carbocycles. The number of aromatic nitrogens is 1. The van der Waals surface area contributed by atoms with E-state index in [1.807, 2.05) is 0 Å². The molecule has 0 unspecified atom stereocenters. The number of hydrogen-bond donors (Lipinski definition) is 1. The van der Waals surface area contributed by atoms with E-state index in [9.17, 15) is 17.6 Å². The first-order valence-electron chi connectivity index (χ1n) is 7.49. The zero-order chi connectivity index (χ0) is 17.9. The van der Waals surface area contributed by atoms with Crippen LogP contribution in [0.2, 0.25) is 0 Å². The topological polar surface area (TPSA) is 24.9 Å². The van der Waals surface area contributed by atoms with Crippen LogP contribution < -0.4 is 5.32 Å². The van der Waals surface area contributed by atoms with Crippen LogP contribution in [0.15, 0.2) is 54.7 Å². The van der Waals surface area contributed by atoms with E-state index in [1.165, 1.54) is 29.5 Å². The summed E-state index contributed by atoms with van der Waals surface area (Å²) >= 11 is 1.46. The molecule has 2 nitrogen and oxygen atoms in total. The van der Waals surface area contributed by atoms with E-state index in [1.54, 1.807) is 24.4 Å². The van der Waals surface area contributed by atoms with Crippen molar-refractivity contribution in [1.82, 2.24) is 10.3 Å². The Morgan fingerprint density at radius 2 is 1.76 bits per heavy atom. The predicted molar refractivity (Wildman–Crippen MR) is 89.5 cm³/mol. The van der Waals surface area contributed by atoms with E-state index in [0.717, 1.165) is 27.6 Å². The van der Waals surface area contributed by atoms with Gasteiger partial charge >= 0.3 is 6.18 Å². The molecule has 0 radical (unpaired) electrons. The minimum absolute atomic E-state index is 0.295. The van der Waals surface area contributed by atoms with Gasteiger partial charge in [-0.3, -0.25) is 0 Å². The molecule has 0 aliphatic heterocycles. The van der Waals surface area contributed by atoms with E-state index in [2.05, 4.69) is 10.3 Å². The van der Waals surface area contributed by atoms with Gasteiger partial charge in [-0.25, -0.2) is 9.37 Å². The SMILES string of the molecule is Fc1ccc(-c2cnc(CNCc3cccc(C(F)(F)F)c3)s2)cc1. The number of alkyl halides is 3. The smallest absolute Gasteiger partial charge is 0.306 e. The van der Waals surface area contributed by atoms with Crippen molar-refractivity contribution in [3.8, 4) is 10.4 Å². The van der Waals surface area contributed by atoms with Gasteiger partial charge in [-0.05, 0) is 29.3 Å². The molecule has 7 heteroatoms. The third kappa shape index (κ3) is 4.64. The van der Waals surface area contributed by atoms with Gasteiger partial charge in [-0.2, -0.15) is 13.2 Å². The lowest BCUT2D eigenvalue weighted by Crippen LogP contribution is -2.13. The van der Waals surface area contributed by atoms with Crippen molar-refractivity contribution in [1.29, 1.82) is 0 Å². The monoisotopic (exact) mass is 366 g/mol. The molecule has 0 spiro atoms. The molecule has 0 saturated heterocycles. The Labute approximate surface area is 146 Å². The fourth-order valence-corrected chi connectivity index (χ4v) is 3.20. The van der Waals surface area contributed by atoms with Crippen LogP contribution in [0.3, 0.4) is 0 Å². The number of halogens is 4. The van der Waals surface area contributed by atoms with Gasteiger partial charge in [0, 0.05) is 19.3 Å². The van der Waals surface area contributed by atoms with Crippen LogP contribution in [0.25, 0.3) is 10.4 Å². The Kier molecular flexibility index (Phi) is 5.15. The first-order chi connectivity index (χ1) is 11.9. The van der Waals surface area contributed by atoms with E-state index in [-0.39, 0.29) is 5.82 Å². The number of rotatable bonds is 5. The average Bonchev–Trinajstić information content (AvgIpc) is 3.04. The summed E-state index contributed by atoms with van der Waals surface area (Å²) in [5, 5.41) is 3.90. The van der Waals surface area contributed by atoms with Gasteiger partial charge in [0.05, 0.1) is 10.4 Å². The molecule has 1 heterocycles. The number of nitrogens with zero attached hydrogens (tertiary/aromatic N) is 1. The lowest BCUT2D eigenvalue weighted by Gasteiger charge is -2.09. The summed E-state index contributed by atoms with van der Waals surface area (Å²) in [5.74, 6) is -0.295. The normalized spacial score (nSPS) is 11.7. The third-order valence-corrected chi connectivity index (χ3v) is 4.59. The van der Waals surface area contributed by atoms with Gasteiger partial charge < -0.3 is 5.32 Å². The van der Waals surface area contributed by atoms with Crippen molar-refractivity contribution in [2.75, 3.05) is 0 Å². The van der Waals surface area contributed by atoms with Crippen LogP contribution in [-0.2, 0) is 19.3 Å². The van der Waals surface area contributed by atoms with Crippen molar-refractivity contribution in [2.24, 2.45) is 0 Å². The molecule has 0 bridgehead atoms. The van der Waals surface area contributed by atoms with Gasteiger partial charge in [0.15, 0.2) is 0 Å². The maximum Gasteiger partial charge on any atom is 0.416 e. The summed E-state index contributed by atoms with van der Waals surface area (Å²) in [4.78, 5) is 5.20. The number of nitrogens with one attached hydrogen (secondary N) is 1. The summed E-state index contributed by atoms with van der Waals surface area (Å²) in [6, 6.07) is 11.4. The highest BCUT2D eigenvalue weighted by Gasteiger charge is 2.30. The van der Waals surface area contributed by atoms with Crippen LogP contribution in [0.5, 0.6) is 0 Å². The Bertz CT molecular complexity index is 841. The van der Waals surface area contributed by atoms with E-state index < -0.39 is 11.7 Å². The predicted octanol–water partition coefficient (Wildman–Crippen LogP) is 5.26. The summed E-state index contributed by atoms with van der Waals surface area (Å²) in [6.45, 7) is 0.761. The number of benzene rings is 2. The van der Waals surface area contributed by atoms with E-state index in [0.29, 0.717) is 18.7 Å². The summed E-state index contributed by atoms with van der Waals surface area (Å²) < 4.78 is 51.0. The molecule has 3 rings (SSSR count). The highest BCUT2D eigenvalue weighted by Crippen LogP contribution is 2.29. The average molecular weight is 366 g/mol. The van der Waals surface area contributed by atoms with Crippen LogP contribution in [0.4, 0.5) is 17.6 Å². The molecule has 0 aliphatic carbocycles. The van der Waals surface area contributed by atoms with Gasteiger partial charge in [0.1, 0.15) is 10.8 Å². The molecule has 1 aromatic heterocycles. The van der Waals surface area contributed by atoms with Gasteiger partial charge in [0.2, 0.25) is 0 Å². The zero-order valence-electron chi connectivity index (χ0n) is 13.0. The van der Waals surface area contributed by atoms with Gasteiger partial charge in [-0.1, -0.05) is 30.3 Å². The first kappa shape index (κ1) is 17.6. The lowest BCUT2D eigenvalue weighted by molar-refractivity contribution is -0.137. The Hall–Kier alpha value is -2.25. The number of hydrogen-bond acceptors (Lipinski definition) is 3. The minimum atomic E-state index is -4.34. The van der Waals surface area contributed by atoms with Crippen molar-refractivity contribution in [2.45, 2.75) is 19.3 Å². The molecule has 0 fully saturated rings. The molecular formula is C18H14F4N2S. The maximum atomic E-state index is 12.9. The molecule has 1 N–H and O–H groups in total. The fourth-order valence-electron chi connectivity index (χ4n) is 2.31. The highest BCUT2D eigenvalue weighted by molar-refractivity contribution is 7.15. The molecule has 130 valence electrons. The molecule has 0 amide bonds. The van der Waals surface area contributed by atoms with Crippen molar-refractivity contribution < 1.29 is 17.6 Å². The second-order valence-electron chi connectivity index (χ2n) is 5.43. The van der Waals surface area contributed by atoms with Crippen LogP contribution in [0, 0.1) is 5.82 Å². The largest absolute Gasteiger partial charge is 0.416 e. The maximum absolute atomic E-state index is 12.9.